The van der Waals surface area contributed by atoms with Crippen LogP contribution in [0, 0.1) is 6.92 Å². The van der Waals surface area contributed by atoms with E-state index in [-0.39, 0.29) is 5.91 Å². The average Bonchev–Trinajstić information content (AvgIpc) is 3.09. The third kappa shape index (κ3) is 3.39. The molecule has 0 radical (unpaired) electrons. The number of nitrogens with zero attached hydrogens (tertiary/aromatic N) is 6. The van der Waals surface area contributed by atoms with Crippen LogP contribution in [-0.2, 0) is 20.1 Å². The second-order valence-corrected chi connectivity index (χ2v) is 6.99. The van der Waals surface area contributed by atoms with Gasteiger partial charge in [-0.3, -0.25) is 19.1 Å². The normalized spacial score (nSPS) is 15.9. The molecular weight excluding hydrogens is 372 g/mol. The Morgan fingerprint density at radius 2 is 2.00 bits per heavy atom. The molecule has 1 fully saturated rings. The highest BCUT2D eigenvalue weighted by atomic mass is 79.9. The van der Waals surface area contributed by atoms with Crippen LogP contribution in [0.25, 0.3) is 0 Å². The molecule has 3 rings (SSSR count). The van der Waals surface area contributed by atoms with Crippen molar-refractivity contribution in [2.75, 3.05) is 26.2 Å². The first-order valence-electron chi connectivity index (χ1n) is 8.21. The molecule has 2 aromatic heterocycles. The highest BCUT2D eigenvalue weighted by molar-refractivity contribution is 9.10. The summed E-state index contributed by atoms with van der Waals surface area (Å²) in [5.74, 6) is -0.00268. The monoisotopic (exact) mass is 394 g/mol. The standard InChI is InChI=1S/C16H23BrN6O/c1-4-23-12(2)13(9-18-23)10-21-5-7-22(8-6-21)16(24)15-14(17)11-20(3)19-15/h9,11H,4-8,10H2,1-3H3. The predicted octanol–water partition coefficient (Wildman–Crippen LogP) is 1.67. The SMILES string of the molecule is CCn1ncc(CN2CCN(C(=O)c3nn(C)cc3Br)CC2)c1C. The van der Waals surface area contributed by atoms with Crippen molar-refractivity contribution in [3.8, 4) is 0 Å². The topological polar surface area (TPSA) is 59.2 Å². The van der Waals surface area contributed by atoms with Crippen LogP contribution in [0.2, 0.25) is 0 Å². The summed E-state index contributed by atoms with van der Waals surface area (Å²) in [6.45, 7) is 9.19. The zero-order chi connectivity index (χ0) is 17.3. The van der Waals surface area contributed by atoms with Gasteiger partial charge in [0.25, 0.3) is 5.91 Å². The van der Waals surface area contributed by atoms with E-state index in [0.717, 1.165) is 43.7 Å². The van der Waals surface area contributed by atoms with Gasteiger partial charge in [-0.25, -0.2) is 0 Å². The Morgan fingerprint density at radius 3 is 2.54 bits per heavy atom. The molecule has 0 atom stereocenters. The lowest BCUT2D eigenvalue weighted by Gasteiger charge is -2.34. The number of aromatic nitrogens is 4. The molecule has 1 saturated heterocycles. The molecule has 0 N–H and O–H groups in total. The van der Waals surface area contributed by atoms with Crippen LogP contribution in [-0.4, -0.2) is 61.4 Å². The molecule has 1 aliphatic rings. The fraction of sp³-hybridized carbons (Fsp3) is 0.562. The summed E-state index contributed by atoms with van der Waals surface area (Å²) in [6, 6.07) is 0. The molecule has 24 heavy (non-hydrogen) atoms. The van der Waals surface area contributed by atoms with Gasteiger partial charge in [-0.15, -0.1) is 0 Å². The lowest BCUT2D eigenvalue weighted by atomic mass is 10.2. The van der Waals surface area contributed by atoms with Crippen molar-refractivity contribution >= 4 is 21.8 Å². The number of carbonyl (C=O) groups excluding carboxylic acids is 1. The maximum Gasteiger partial charge on any atom is 0.275 e. The second kappa shape index (κ2) is 7.06. The molecular formula is C16H23BrN6O. The summed E-state index contributed by atoms with van der Waals surface area (Å²) in [5.41, 5.74) is 2.99. The first-order chi connectivity index (χ1) is 11.5. The smallest absolute Gasteiger partial charge is 0.275 e. The molecule has 8 heteroatoms. The molecule has 1 amide bonds. The van der Waals surface area contributed by atoms with Crippen LogP contribution < -0.4 is 0 Å². The molecule has 0 aliphatic carbocycles. The zero-order valence-electron chi connectivity index (χ0n) is 14.4. The third-order valence-corrected chi connectivity index (χ3v) is 5.12. The lowest BCUT2D eigenvalue weighted by molar-refractivity contribution is 0.0621. The van der Waals surface area contributed by atoms with E-state index in [1.807, 2.05) is 22.8 Å². The number of carbonyl (C=O) groups is 1. The summed E-state index contributed by atoms with van der Waals surface area (Å²) in [6.07, 6.45) is 3.76. The molecule has 0 aromatic carbocycles. The van der Waals surface area contributed by atoms with Crippen molar-refractivity contribution in [1.82, 2.24) is 29.4 Å². The third-order valence-electron chi connectivity index (χ3n) is 4.54. The second-order valence-electron chi connectivity index (χ2n) is 6.14. The number of aryl methyl sites for hydroxylation is 2. The van der Waals surface area contributed by atoms with Gasteiger partial charge >= 0.3 is 0 Å². The molecule has 0 saturated carbocycles. The van der Waals surface area contributed by atoms with Gasteiger partial charge in [0.1, 0.15) is 0 Å². The minimum atomic E-state index is -0.00268. The summed E-state index contributed by atoms with van der Waals surface area (Å²) in [5, 5.41) is 8.65. The number of hydrogen-bond acceptors (Lipinski definition) is 4. The van der Waals surface area contributed by atoms with E-state index >= 15 is 0 Å². The molecule has 0 spiro atoms. The van der Waals surface area contributed by atoms with Crippen LogP contribution in [0.1, 0.15) is 28.7 Å². The maximum absolute atomic E-state index is 12.6. The van der Waals surface area contributed by atoms with E-state index in [0.29, 0.717) is 5.69 Å². The van der Waals surface area contributed by atoms with Crippen molar-refractivity contribution in [2.24, 2.45) is 7.05 Å². The van der Waals surface area contributed by atoms with Gasteiger partial charge in [0, 0.05) is 63.8 Å². The molecule has 130 valence electrons. The van der Waals surface area contributed by atoms with Gasteiger partial charge in [0.05, 0.1) is 10.7 Å². The summed E-state index contributed by atoms with van der Waals surface area (Å²) in [7, 11) is 1.82. The maximum atomic E-state index is 12.6. The highest BCUT2D eigenvalue weighted by Crippen LogP contribution is 2.18. The van der Waals surface area contributed by atoms with Crippen LogP contribution in [0.5, 0.6) is 0 Å². The summed E-state index contributed by atoms with van der Waals surface area (Å²) in [4.78, 5) is 16.8. The number of amides is 1. The first-order valence-corrected chi connectivity index (χ1v) is 9.01. The molecule has 0 unspecified atom stereocenters. The van der Waals surface area contributed by atoms with Crippen LogP contribution in [0.15, 0.2) is 16.9 Å². The molecule has 7 nitrogen and oxygen atoms in total. The van der Waals surface area contributed by atoms with E-state index in [2.05, 4.69) is 44.9 Å². The van der Waals surface area contributed by atoms with E-state index < -0.39 is 0 Å². The minimum Gasteiger partial charge on any atom is -0.335 e. The number of piperazine rings is 1. The Labute approximate surface area is 150 Å². The van der Waals surface area contributed by atoms with Crippen molar-refractivity contribution in [1.29, 1.82) is 0 Å². The minimum absolute atomic E-state index is 0.00268. The number of rotatable bonds is 4. The van der Waals surface area contributed by atoms with E-state index in [4.69, 9.17) is 0 Å². The fourth-order valence-corrected chi connectivity index (χ4v) is 3.61. The summed E-state index contributed by atoms with van der Waals surface area (Å²) < 4.78 is 4.43. The van der Waals surface area contributed by atoms with Gasteiger partial charge < -0.3 is 4.90 Å². The van der Waals surface area contributed by atoms with Crippen molar-refractivity contribution < 1.29 is 4.79 Å². The van der Waals surface area contributed by atoms with Crippen LogP contribution in [0.3, 0.4) is 0 Å². The van der Waals surface area contributed by atoms with Crippen molar-refractivity contribution in [3.63, 3.8) is 0 Å². The van der Waals surface area contributed by atoms with Crippen molar-refractivity contribution in [2.45, 2.75) is 26.9 Å². The Kier molecular flexibility index (Phi) is 5.05. The fourth-order valence-electron chi connectivity index (χ4n) is 3.06. The van der Waals surface area contributed by atoms with Crippen molar-refractivity contribution in [3.05, 3.63) is 33.8 Å². The average molecular weight is 395 g/mol. The Morgan fingerprint density at radius 1 is 1.29 bits per heavy atom. The van der Waals surface area contributed by atoms with E-state index in [9.17, 15) is 4.79 Å². The quantitative estimate of drug-likeness (QED) is 0.790. The summed E-state index contributed by atoms with van der Waals surface area (Å²) >= 11 is 3.41. The Hall–Kier alpha value is -1.67. The van der Waals surface area contributed by atoms with E-state index in [1.54, 1.807) is 10.9 Å². The lowest BCUT2D eigenvalue weighted by Crippen LogP contribution is -2.48. The predicted molar refractivity (Wildman–Crippen MR) is 94.7 cm³/mol. The van der Waals surface area contributed by atoms with Crippen LogP contribution >= 0.6 is 15.9 Å². The van der Waals surface area contributed by atoms with Gasteiger partial charge in [-0.2, -0.15) is 10.2 Å². The van der Waals surface area contributed by atoms with Crippen LogP contribution in [0.4, 0.5) is 0 Å². The Bertz CT molecular complexity index is 729. The molecule has 0 bridgehead atoms. The molecule has 3 heterocycles. The van der Waals surface area contributed by atoms with Gasteiger partial charge in [-0.05, 0) is 29.8 Å². The largest absolute Gasteiger partial charge is 0.335 e. The first kappa shape index (κ1) is 17.2. The zero-order valence-corrected chi connectivity index (χ0v) is 16.0. The number of halogens is 1. The van der Waals surface area contributed by atoms with Gasteiger partial charge in [0.15, 0.2) is 5.69 Å². The highest BCUT2D eigenvalue weighted by Gasteiger charge is 2.25. The molecule has 1 aliphatic heterocycles. The molecule has 2 aromatic rings. The van der Waals surface area contributed by atoms with Gasteiger partial charge in [-0.1, -0.05) is 0 Å². The number of hydrogen-bond donors (Lipinski definition) is 0. The Balaban J connectivity index is 1.58. The van der Waals surface area contributed by atoms with Gasteiger partial charge in [0.2, 0.25) is 0 Å². The van der Waals surface area contributed by atoms with E-state index in [1.165, 1.54) is 11.3 Å².